The fourth-order valence-corrected chi connectivity index (χ4v) is 8.56. The maximum absolute atomic E-state index is 14.0. The standard InChI is InChI=1S/C32H29NO6.C25H23NO6/c1-4-37-26(34)18-21-14-16-23(17-15-21)33-31(35)27-28(32(33)36)30(39-20(2)3)25-13-9-8-12-24(25)29(27)38-19-22-10-6-5-7-11-22;1-4-31-19(27)13-15-9-11-16(12-10-15)26-24(29)20-21(25(26)30)23(32-14(2)3)18-8-6-5-7-17(18)22(20)28/h5-17,20H,4,18-19H2,1-3H3;5-12,14,28H,4,13H2,1-3H3. The highest BCUT2D eigenvalue weighted by atomic mass is 16.5. The number of aromatic hydroxyl groups is 1. The molecule has 71 heavy (non-hydrogen) atoms. The van der Waals surface area contributed by atoms with Crippen molar-refractivity contribution in [3.63, 3.8) is 0 Å². The first-order chi connectivity index (χ1) is 34.2. The van der Waals surface area contributed by atoms with E-state index < -0.39 is 23.6 Å². The molecule has 0 saturated carbocycles. The highest BCUT2D eigenvalue weighted by Crippen LogP contribution is 2.48. The second-order valence-corrected chi connectivity index (χ2v) is 17.2. The van der Waals surface area contributed by atoms with E-state index in [1.165, 1.54) is 0 Å². The monoisotopic (exact) mass is 956 g/mol. The van der Waals surface area contributed by atoms with Crippen molar-refractivity contribution in [1.82, 2.24) is 0 Å². The lowest BCUT2D eigenvalue weighted by atomic mass is 9.98. The van der Waals surface area contributed by atoms with E-state index in [0.29, 0.717) is 63.2 Å². The molecule has 2 aliphatic rings. The predicted octanol–water partition coefficient (Wildman–Crippen LogP) is 10.4. The molecule has 362 valence electrons. The molecule has 14 nitrogen and oxygen atoms in total. The van der Waals surface area contributed by atoms with Crippen LogP contribution in [-0.4, -0.2) is 66.1 Å². The molecule has 0 radical (unpaired) electrons. The van der Waals surface area contributed by atoms with Crippen LogP contribution in [0.4, 0.5) is 11.4 Å². The Kier molecular flexibility index (Phi) is 14.5. The summed E-state index contributed by atoms with van der Waals surface area (Å²) in [7, 11) is 0. The highest BCUT2D eigenvalue weighted by Gasteiger charge is 2.45. The zero-order valence-electron chi connectivity index (χ0n) is 40.1. The third kappa shape index (κ3) is 9.87. The van der Waals surface area contributed by atoms with Crippen molar-refractivity contribution in [3.8, 4) is 23.0 Å². The minimum atomic E-state index is -0.625. The lowest BCUT2D eigenvalue weighted by Gasteiger charge is -2.19. The van der Waals surface area contributed by atoms with Gasteiger partial charge in [0.1, 0.15) is 29.6 Å². The van der Waals surface area contributed by atoms with Crippen LogP contribution in [0.3, 0.4) is 0 Å². The van der Waals surface area contributed by atoms with Gasteiger partial charge in [0.25, 0.3) is 23.6 Å². The molecule has 4 amide bonds. The number of imide groups is 2. The number of phenols is 1. The van der Waals surface area contributed by atoms with Crippen molar-refractivity contribution >= 4 is 68.5 Å². The van der Waals surface area contributed by atoms with Gasteiger partial charge < -0.3 is 28.8 Å². The van der Waals surface area contributed by atoms with E-state index >= 15 is 0 Å². The predicted molar refractivity (Wildman–Crippen MR) is 268 cm³/mol. The number of phenolic OH excluding ortho intramolecular Hbond substituents is 1. The Morgan fingerprint density at radius 3 is 1.27 bits per heavy atom. The quantitative estimate of drug-likeness (QED) is 0.0762. The second kappa shape index (κ2) is 21.0. The zero-order valence-corrected chi connectivity index (χ0v) is 40.1. The lowest BCUT2D eigenvalue weighted by Crippen LogP contribution is -2.29. The van der Waals surface area contributed by atoms with E-state index in [0.717, 1.165) is 20.9 Å². The van der Waals surface area contributed by atoms with Crippen LogP contribution in [0.15, 0.2) is 127 Å². The molecule has 14 heteroatoms. The molecule has 2 heterocycles. The first-order valence-electron chi connectivity index (χ1n) is 23.3. The average Bonchev–Trinajstić information content (AvgIpc) is 3.77. The molecule has 7 aromatic carbocycles. The van der Waals surface area contributed by atoms with Crippen LogP contribution < -0.4 is 24.0 Å². The van der Waals surface area contributed by atoms with Gasteiger partial charge in [-0.2, -0.15) is 0 Å². The van der Waals surface area contributed by atoms with Crippen LogP contribution in [0.25, 0.3) is 21.5 Å². The van der Waals surface area contributed by atoms with Gasteiger partial charge in [-0.3, -0.25) is 28.8 Å². The number of fused-ring (bicyclic) bond motifs is 4. The number of hydrogen-bond acceptors (Lipinski definition) is 12. The Hall–Kier alpha value is -8.52. The molecular weight excluding hydrogens is 905 g/mol. The first kappa shape index (κ1) is 48.9. The van der Waals surface area contributed by atoms with E-state index in [9.17, 15) is 33.9 Å². The van der Waals surface area contributed by atoms with Gasteiger partial charge in [-0.25, -0.2) is 9.80 Å². The van der Waals surface area contributed by atoms with Crippen LogP contribution in [0.1, 0.15) is 99.7 Å². The van der Waals surface area contributed by atoms with Gasteiger partial charge in [-0.1, -0.05) is 103 Å². The summed E-state index contributed by atoms with van der Waals surface area (Å²) in [4.78, 5) is 80.3. The number of benzene rings is 7. The van der Waals surface area contributed by atoms with Crippen molar-refractivity contribution in [2.75, 3.05) is 23.0 Å². The molecule has 2 aliphatic heterocycles. The van der Waals surface area contributed by atoms with Crippen LogP contribution >= 0.6 is 0 Å². The second-order valence-electron chi connectivity index (χ2n) is 17.2. The third-order valence-electron chi connectivity index (χ3n) is 11.6. The van der Waals surface area contributed by atoms with E-state index in [-0.39, 0.29) is 77.3 Å². The number of esters is 2. The minimum absolute atomic E-state index is 0.0514. The Morgan fingerprint density at radius 1 is 0.465 bits per heavy atom. The Morgan fingerprint density at radius 2 is 0.831 bits per heavy atom. The largest absolute Gasteiger partial charge is 0.506 e. The van der Waals surface area contributed by atoms with Gasteiger partial charge in [0.15, 0.2) is 0 Å². The summed E-state index contributed by atoms with van der Waals surface area (Å²) >= 11 is 0. The SMILES string of the molecule is CCOC(=O)Cc1ccc(N2C(=O)c3c(c(OC(C)C)c4ccccc4c3O)C2=O)cc1.CCOC(=O)Cc1ccc(N2C(=O)c3c(c(OC(C)C)c4ccccc4c3OCc3ccccc3)C2=O)cc1. The van der Waals surface area contributed by atoms with E-state index in [1.54, 1.807) is 86.6 Å². The fourth-order valence-electron chi connectivity index (χ4n) is 8.56. The van der Waals surface area contributed by atoms with Gasteiger partial charge in [0, 0.05) is 21.5 Å². The summed E-state index contributed by atoms with van der Waals surface area (Å²) in [5.74, 6) is -2.12. The number of amides is 4. The van der Waals surface area contributed by atoms with Gasteiger partial charge >= 0.3 is 11.9 Å². The van der Waals surface area contributed by atoms with E-state index in [1.807, 2.05) is 82.3 Å². The highest BCUT2D eigenvalue weighted by molar-refractivity contribution is 6.39. The van der Waals surface area contributed by atoms with Crippen molar-refractivity contribution in [3.05, 3.63) is 166 Å². The first-order valence-corrected chi connectivity index (χ1v) is 23.3. The van der Waals surface area contributed by atoms with Gasteiger partial charge in [-0.15, -0.1) is 0 Å². The summed E-state index contributed by atoms with van der Waals surface area (Å²) in [6, 6.07) is 37.3. The third-order valence-corrected chi connectivity index (χ3v) is 11.6. The lowest BCUT2D eigenvalue weighted by molar-refractivity contribution is -0.143. The molecule has 0 aromatic heterocycles. The molecule has 1 N–H and O–H groups in total. The van der Waals surface area contributed by atoms with E-state index in [2.05, 4.69) is 0 Å². The number of nitrogens with zero attached hydrogens (tertiary/aromatic N) is 2. The van der Waals surface area contributed by atoms with Crippen molar-refractivity contribution < 1.29 is 57.6 Å². The molecule has 0 unspecified atom stereocenters. The average molecular weight is 957 g/mol. The maximum atomic E-state index is 14.0. The van der Waals surface area contributed by atoms with Crippen LogP contribution in [-0.2, 0) is 38.5 Å². The maximum Gasteiger partial charge on any atom is 0.310 e. The van der Waals surface area contributed by atoms with Gasteiger partial charge in [0.2, 0.25) is 0 Å². The number of ether oxygens (including phenoxy) is 5. The van der Waals surface area contributed by atoms with Crippen LogP contribution in [0, 0.1) is 0 Å². The number of rotatable bonds is 15. The number of anilines is 2. The topological polar surface area (TPSA) is 175 Å². The molecular formula is C57H52N2O12. The molecule has 0 aliphatic carbocycles. The van der Waals surface area contributed by atoms with Gasteiger partial charge in [-0.05, 0) is 82.5 Å². The molecule has 0 saturated heterocycles. The van der Waals surface area contributed by atoms with Crippen LogP contribution in [0.2, 0.25) is 0 Å². The Labute approximate surface area is 410 Å². The molecule has 0 bridgehead atoms. The van der Waals surface area contributed by atoms with E-state index in [4.69, 9.17) is 23.7 Å². The molecule has 9 rings (SSSR count). The molecule has 7 aromatic rings. The molecule has 0 fully saturated rings. The van der Waals surface area contributed by atoms with Gasteiger partial charge in [0.05, 0.1) is 71.9 Å². The smallest absolute Gasteiger partial charge is 0.310 e. The minimum Gasteiger partial charge on any atom is -0.506 e. The summed E-state index contributed by atoms with van der Waals surface area (Å²) in [6.07, 6.45) is -0.279. The number of hydrogen-bond donors (Lipinski definition) is 1. The summed E-state index contributed by atoms with van der Waals surface area (Å²) in [5.41, 5.74) is 3.42. The fraction of sp³-hybridized carbons (Fsp3) is 0.228. The van der Waals surface area contributed by atoms with Crippen molar-refractivity contribution in [1.29, 1.82) is 0 Å². The molecule has 0 atom stereocenters. The zero-order chi connectivity index (χ0) is 50.5. The van der Waals surface area contributed by atoms with Crippen LogP contribution in [0.5, 0.6) is 23.0 Å². The normalized spacial score (nSPS) is 12.8. The molecule has 0 spiro atoms. The van der Waals surface area contributed by atoms with Crippen molar-refractivity contribution in [2.24, 2.45) is 0 Å². The Bertz CT molecular complexity index is 3200. The van der Waals surface area contributed by atoms with Crippen molar-refractivity contribution in [2.45, 2.75) is 73.2 Å². The summed E-state index contributed by atoms with van der Waals surface area (Å²) in [6.45, 7) is 11.7. The summed E-state index contributed by atoms with van der Waals surface area (Å²) < 4.78 is 28.4. The Balaban J connectivity index is 0.000000194. The number of carbonyl (C=O) groups is 6. The summed E-state index contributed by atoms with van der Waals surface area (Å²) in [5, 5.41) is 13.3. The number of carbonyl (C=O) groups excluding carboxylic acids is 6.